The Morgan fingerprint density at radius 2 is 2.33 bits per heavy atom. The van der Waals surface area contributed by atoms with E-state index in [0.717, 1.165) is 49.6 Å². The first-order valence-corrected chi connectivity index (χ1v) is 8.63. The molecule has 0 amide bonds. The quantitative estimate of drug-likeness (QED) is 0.844. The fourth-order valence-electron chi connectivity index (χ4n) is 3.74. The maximum atomic E-state index is 6.16. The number of likely N-dealkylation sites (tertiary alicyclic amines) is 1. The lowest BCUT2D eigenvalue weighted by atomic mass is 9.98. The Hall–Kier alpha value is -1.69. The Kier molecular flexibility index (Phi) is 4.39. The van der Waals surface area contributed by atoms with E-state index >= 15 is 0 Å². The van der Waals surface area contributed by atoms with Crippen LogP contribution in [-0.4, -0.2) is 41.3 Å². The van der Waals surface area contributed by atoms with Crippen molar-refractivity contribution in [3.63, 3.8) is 0 Å². The summed E-state index contributed by atoms with van der Waals surface area (Å²) in [6.07, 6.45) is 5.86. The van der Waals surface area contributed by atoms with E-state index in [2.05, 4.69) is 16.0 Å². The zero-order valence-electron chi connectivity index (χ0n) is 14.1. The second kappa shape index (κ2) is 6.67. The van der Waals surface area contributed by atoms with E-state index in [1.165, 1.54) is 0 Å². The van der Waals surface area contributed by atoms with Crippen LogP contribution in [0.25, 0.3) is 0 Å². The van der Waals surface area contributed by atoms with Gasteiger partial charge in [-0.3, -0.25) is 9.88 Å². The Bertz CT molecular complexity index is 672. The van der Waals surface area contributed by atoms with Crippen molar-refractivity contribution in [1.29, 1.82) is 0 Å². The van der Waals surface area contributed by atoms with Gasteiger partial charge in [-0.25, -0.2) is 0 Å². The summed E-state index contributed by atoms with van der Waals surface area (Å²) in [5, 5.41) is 0. The maximum Gasteiger partial charge on any atom is 0.118 e. The molecule has 2 atom stereocenters. The van der Waals surface area contributed by atoms with E-state index in [1.54, 1.807) is 6.20 Å². The molecule has 0 saturated carbocycles. The summed E-state index contributed by atoms with van der Waals surface area (Å²) in [6, 6.07) is 8.07. The highest BCUT2D eigenvalue weighted by Gasteiger charge is 2.45. The molecule has 0 bridgehead atoms. The SMILES string of the molecule is Cc1ccc(CN2CC[C@]3(C[C@H](OCc4cccnc4)CO3)C2)o1. The van der Waals surface area contributed by atoms with Crippen molar-refractivity contribution >= 4 is 0 Å². The third kappa shape index (κ3) is 3.53. The maximum absolute atomic E-state index is 6.16. The standard InChI is InChI=1S/C19H24N2O3/c1-15-4-5-17(24-15)11-21-8-6-19(14-21)9-18(13-23-19)22-12-16-3-2-7-20-10-16/h2-5,7,10,18H,6,8-9,11-14H2,1H3/t18-,19-/m0/s1. The van der Waals surface area contributed by atoms with Crippen molar-refractivity contribution < 1.29 is 13.9 Å². The highest BCUT2D eigenvalue weighted by molar-refractivity contribution is 5.08. The number of furan rings is 1. The molecule has 0 radical (unpaired) electrons. The molecule has 24 heavy (non-hydrogen) atoms. The van der Waals surface area contributed by atoms with Crippen LogP contribution in [0.3, 0.4) is 0 Å². The lowest BCUT2D eigenvalue weighted by molar-refractivity contribution is -0.000709. The smallest absolute Gasteiger partial charge is 0.118 e. The summed E-state index contributed by atoms with van der Waals surface area (Å²) in [7, 11) is 0. The number of hydrogen-bond donors (Lipinski definition) is 0. The first-order valence-electron chi connectivity index (χ1n) is 8.63. The Morgan fingerprint density at radius 1 is 1.38 bits per heavy atom. The van der Waals surface area contributed by atoms with E-state index in [1.807, 2.05) is 31.3 Å². The molecular weight excluding hydrogens is 304 g/mol. The lowest BCUT2D eigenvalue weighted by Gasteiger charge is -2.23. The van der Waals surface area contributed by atoms with Gasteiger partial charge in [0.25, 0.3) is 0 Å². The van der Waals surface area contributed by atoms with Crippen molar-refractivity contribution in [3.05, 3.63) is 53.7 Å². The van der Waals surface area contributed by atoms with Crippen LogP contribution in [0.1, 0.15) is 29.9 Å². The second-order valence-electron chi connectivity index (χ2n) is 6.97. The molecule has 5 heteroatoms. The van der Waals surface area contributed by atoms with E-state index in [4.69, 9.17) is 13.9 Å². The van der Waals surface area contributed by atoms with Crippen LogP contribution < -0.4 is 0 Å². The predicted octanol–water partition coefficient (Wildman–Crippen LogP) is 2.93. The van der Waals surface area contributed by atoms with Crippen LogP contribution >= 0.6 is 0 Å². The minimum atomic E-state index is -0.0404. The van der Waals surface area contributed by atoms with Crippen molar-refractivity contribution in [2.24, 2.45) is 0 Å². The van der Waals surface area contributed by atoms with Gasteiger partial charge in [0, 0.05) is 31.9 Å². The fraction of sp³-hybridized carbons (Fsp3) is 0.526. The van der Waals surface area contributed by atoms with Gasteiger partial charge in [-0.05, 0) is 37.1 Å². The van der Waals surface area contributed by atoms with Gasteiger partial charge < -0.3 is 13.9 Å². The second-order valence-corrected chi connectivity index (χ2v) is 6.97. The minimum Gasteiger partial charge on any atom is -0.465 e. The van der Waals surface area contributed by atoms with Crippen LogP contribution in [-0.2, 0) is 22.6 Å². The van der Waals surface area contributed by atoms with Crippen molar-refractivity contribution in [1.82, 2.24) is 9.88 Å². The van der Waals surface area contributed by atoms with E-state index in [9.17, 15) is 0 Å². The summed E-state index contributed by atoms with van der Waals surface area (Å²) in [4.78, 5) is 6.54. The summed E-state index contributed by atoms with van der Waals surface area (Å²) >= 11 is 0. The van der Waals surface area contributed by atoms with Crippen molar-refractivity contribution in [3.8, 4) is 0 Å². The number of aromatic nitrogens is 1. The molecule has 2 fully saturated rings. The van der Waals surface area contributed by atoms with Crippen LogP contribution in [0.15, 0.2) is 41.1 Å². The molecule has 4 heterocycles. The summed E-state index contributed by atoms with van der Waals surface area (Å²) in [6.45, 7) is 6.15. The van der Waals surface area contributed by atoms with Gasteiger partial charge in [-0.1, -0.05) is 6.07 Å². The Labute approximate surface area is 142 Å². The minimum absolute atomic E-state index is 0.0404. The van der Waals surface area contributed by atoms with Gasteiger partial charge in [-0.2, -0.15) is 0 Å². The highest BCUT2D eigenvalue weighted by atomic mass is 16.6. The zero-order valence-corrected chi connectivity index (χ0v) is 14.1. The molecular formula is C19H24N2O3. The molecule has 0 aliphatic carbocycles. The Morgan fingerprint density at radius 3 is 3.12 bits per heavy atom. The summed E-state index contributed by atoms with van der Waals surface area (Å²) in [5.74, 6) is 2.01. The monoisotopic (exact) mass is 328 g/mol. The molecule has 2 saturated heterocycles. The topological polar surface area (TPSA) is 47.7 Å². The third-order valence-corrected chi connectivity index (χ3v) is 4.95. The molecule has 0 unspecified atom stereocenters. The number of aryl methyl sites for hydroxylation is 1. The fourth-order valence-corrected chi connectivity index (χ4v) is 3.74. The summed E-state index contributed by atoms with van der Waals surface area (Å²) in [5.41, 5.74) is 1.07. The molecule has 2 aromatic rings. The van der Waals surface area contributed by atoms with E-state index in [-0.39, 0.29) is 11.7 Å². The van der Waals surface area contributed by atoms with E-state index < -0.39 is 0 Å². The van der Waals surface area contributed by atoms with Gasteiger partial charge in [0.2, 0.25) is 0 Å². The number of hydrogen-bond acceptors (Lipinski definition) is 5. The van der Waals surface area contributed by atoms with Gasteiger partial charge in [0.15, 0.2) is 0 Å². The average Bonchev–Trinajstić information content (AvgIpc) is 3.29. The summed E-state index contributed by atoms with van der Waals surface area (Å²) < 4.78 is 17.9. The molecule has 2 aliphatic heterocycles. The average molecular weight is 328 g/mol. The van der Waals surface area contributed by atoms with Crippen LogP contribution in [0.2, 0.25) is 0 Å². The van der Waals surface area contributed by atoms with Crippen molar-refractivity contribution in [2.75, 3.05) is 19.7 Å². The normalized spacial score (nSPS) is 27.3. The van der Waals surface area contributed by atoms with E-state index in [0.29, 0.717) is 13.2 Å². The van der Waals surface area contributed by atoms with Crippen molar-refractivity contribution in [2.45, 2.75) is 44.6 Å². The van der Waals surface area contributed by atoms with Gasteiger partial charge >= 0.3 is 0 Å². The molecule has 1 spiro atoms. The molecule has 5 nitrogen and oxygen atoms in total. The highest BCUT2D eigenvalue weighted by Crippen LogP contribution is 2.37. The van der Waals surface area contributed by atoms with Crippen LogP contribution in [0, 0.1) is 6.92 Å². The number of rotatable bonds is 5. The number of nitrogens with zero attached hydrogens (tertiary/aromatic N) is 2. The van der Waals surface area contributed by atoms with Gasteiger partial charge in [0.1, 0.15) is 11.5 Å². The Balaban J connectivity index is 1.28. The van der Waals surface area contributed by atoms with Gasteiger partial charge in [-0.15, -0.1) is 0 Å². The van der Waals surface area contributed by atoms with Crippen LogP contribution in [0.5, 0.6) is 0 Å². The molecule has 2 aromatic heterocycles. The zero-order chi connectivity index (χ0) is 16.4. The molecule has 128 valence electrons. The first-order chi connectivity index (χ1) is 11.7. The molecule has 0 N–H and O–H groups in total. The van der Waals surface area contributed by atoms with Gasteiger partial charge in [0.05, 0.1) is 31.5 Å². The molecule has 0 aromatic carbocycles. The predicted molar refractivity (Wildman–Crippen MR) is 89.5 cm³/mol. The largest absolute Gasteiger partial charge is 0.465 e. The lowest BCUT2D eigenvalue weighted by Crippen LogP contribution is -2.32. The number of ether oxygens (including phenoxy) is 2. The number of pyridine rings is 1. The van der Waals surface area contributed by atoms with Crippen LogP contribution in [0.4, 0.5) is 0 Å². The third-order valence-electron chi connectivity index (χ3n) is 4.95. The molecule has 2 aliphatic rings. The molecule has 4 rings (SSSR count). The first kappa shape index (κ1) is 15.8.